The SMILES string of the molecule is CC(C)c1ccccc1N=C1SCC(=O)N1/N=C/c1ccc2c(ccc3c2ncn3-c2ccc(OC(F)(F)F)cc2)n1. The Morgan fingerprint density at radius 3 is 2.57 bits per heavy atom. The Hall–Kier alpha value is -4.71. The van der Waals surface area contributed by atoms with Gasteiger partial charge in [0.2, 0.25) is 0 Å². The van der Waals surface area contributed by atoms with Crippen LogP contribution in [0.4, 0.5) is 18.9 Å². The molecule has 0 spiro atoms. The van der Waals surface area contributed by atoms with Gasteiger partial charge >= 0.3 is 6.36 Å². The molecule has 0 atom stereocenters. The van der Waals surface area contributed by atoms with Gasteiger partial charge in [-0.05, 0) is 66.1 Å². The number of benzene rings is 3. The summed E-state index contributed by atoms with van der Waals surface area (Å²) in [5, 5.41) is 7.02. The van der Waals surface area contributed by atoms with Crippen molar-refractivity contribution in [3.05, 3.63) is 90.4 Å². The minimum atomic E-state index is -4.75. The van der Waals surface area contributed by atoms with Gasteiger partial charge < -0.3 is 4.74 Å². The predicted octanol–water partition coefficient (Wildman–Crippen LogP) is 7.19. The third-order valence-corrected chi connectivity index (χ3v) is 7.49. The molecule has 0 unspecified atom stereocenters. The zero-order valence-corrected chi connectivity index (χ0v) is 23.2. The van der Waals surface area contributed by atoms with Crippen molar-refractivity contribution in [3.63, 3.8) is 0 Å². The van der Waals surface area contributed by atoms with E-state index in [2.05, 4.69) is 33.7 Å². The lowest BCUT2D eigenvalue weighted by atomic mass is 10.0. The van der Waals surface area contributed by atoms with Crippen LogP contribution in [0.5, 0.6) is 5.75 Å². The molecule has 1 fully saturated rings. The van der Waals surface area contributed by atoms with Crippen molar-refractivity contribution < 1.29 is 22.7 Å². The number of thioether (sulfide) groups is 1. The number of amidine groups is 1. The van der Waals surface area contributed by atoms with E-state index in [0.29, 0.717) is 27.6 Å². The molecule has 12 heteroatoms. The molecule has 8 nitrogen and oxygen atoms in total. The van der Waals surface area contributed by atoms with E-state index < -0.39 is 6.36 Å². The fourth-order valence-electron chi connectivity index (χ4n) is 4.63. The second-order valence-electron chi connectivity index (χ2n) is 9.74. The number of fused-ring (bicyclic) bond motifs is 3. The lowest BCUT2D eigenvalue weighted by Gasteiger charge is -2.12. The highest BCUT2D eigenvalue weighted by atomic mass is 32.2. The van der Waals surface area contributed by atoms with Crippen molar-refractivity contribution in [3.8, 4) is 11.4 Å². The third-order valence-electron chi connectivity index (χ3n) is 6.58. The van der Waals surface area contributed by atoms with Crippen LogP contribution in [0, 0.1) is 0 Å². The van der Waals surface area contributed by atoms with Crippen molar-refractivity contribution in [2.75, 3.05) is 5.75 Å². The maximum atomic E-state index is 12.6. The van der Waals surface area contributed by atoms with E-state index in [9.17, 15) is 18.0 Å². The Morgan fingerprint density at radius 1 is 1.02 bits per heavy atom. The van der Waals surface area contributed by atoms with E-state index in [1.54, 1.807) is 17.0 Å². The molecule has 3 aromatic carbocycles. The molecular formula is C30H23F3N6O2S. The number of alkyl halides is 3. The van der Waals surface area contributed by atoms with Gasteiger partial charge in [-0.1, -0.05) is 43.8 Å². The fourth-order valence-corrected chi connectivity index (χ4v) is 5.44. The van der Waals surface area contributed by atoms with Crippen LogP contribution in [0.1, 0.15) is 31.0 Å². The number of pyridine rings is 1. The summed E-state index contributed by atoms with van der Waals surface area (Å²) in [5.41, 5.74) is 5.19. The van der Waals surface area contributed by atoms with Crippen LogP contribution >= 0.6 is 11.8 Å². The topological polar surface area (TPSA) is 85.0 Å². The van der Waals surface area contributed by atoms with Crippen LogP contribution < -0.4 is 4.74 Å². The number of aliphatic imine (C=N–C) groups is 1. The van der Waals surface area contributed by atoms with E-state index in [4.69, 9.17) is 4.99 Å². The predicted molar refractivity (Wildman–Crippen MR) is 158 cm³/mol. The first kappa shape index (κ1) is 27.5. The highest BCUT2D eigenvalue weighted by molar-refractivity contribution is 8.15. The molecule has 5 aromatic rings. The van der Waals surface area contributed by atoms with Gasteiger partial charge in [-0.25, -0.2) is 15.0 Å². The summed E-state index contributed by atoms with van der Waals surface area (Å²) < 4.78 is 43.2. The van der Waals surface area contributed by atoms with Crippen molar-refractivity contribution >= 4 is 56.7 Å². The van der Waals surface area contributed by atoms with Gasteiger partial charge in [-0.3, -0.25) is 9.36 Å². The first-order valence-corrected chi connectivity index (χ1v) is 14.0. The minimum Gasteiger partial charge on any atom is -0.406 e. The van der Waals surface area contributed by atoms with E-state index in [0.717, 1.165) is 22.2 Å². The zero-order valence-electron chi connectivity index (χ0n) is 22.4. The van der Waals surface area contributed by atoms with Gasteiger partial charge in [0, 0.05) is 11.1 Å². The average Bonchev–Trinajstić information content (AvgIpc) is 3.55. The van der Waals surface area contributed by atoms with Gasteiger partial charge in [-0.15, -0.1) is 13.2 Å². The van der Waals surface area contributed by atoms with Gasteiger partial charge in [0.15, 0.2) is 5.17 Å². The molecule has 6 rings (SSSR count). The van der Waals surface area contributed by atoms with Crippen LogP contribution in [0.3, 0.4) is 0 Å². The van der Waals surface area contributed by atoms with Crippen LogP contribution in [0.2, 0.25) is 0 Å². The molecule has 3 heterocycles. The summed E-state index contributed by atoms with van der Waals surface area (Å²) >= 11 is 1.34. The molecule has 1 aliphatic heterocycles. The van der Waals surface area contributed by atoms with Crippen molar-refractivity contribution in [1.82, 2.24) is 19.5 Å². The average molecular weight is 589 g/mol. The van der Waals surface area contributed by atoms with Crippen molar-refractivity contribution in [1.29, 1.82) is 0 Å². The van der Waals surface area contributed by atoms with Gasteiger partial charge in [0.25, 0.3) is 5.91 Å². The molecule has 0 saturated carbocycles. The number of para-hydroxylation sites is 1. The Balaban J connectivity index is 1.26. The number of nitrogens with zero attached hydrogens (tertiary/aromatic N) is 6. The Labute approximate surface area is 242 Å². The number of aromatic nitrogens is 3. The summed E-state index contributed by atoms with van der Waals surface area (Å²) in [6.45, 7) is 4.19. The first-order chi connectivity index (χ1) is 20.2. The van der Waals surface area contributed by atoms with Gasteiger partial charge in [0.1, 0.15) is 12.1 Å². The lowest BCUT2D eigenvalue weighted by Crippen LogP contribution is -2.24. The van der Waals surface area contributed by atoms with E-state index in [1.807, 2.05) is 42.5 Å². The molecule has 42 heavy (non-hydrogen) atoms. The number of hydrogen-bond acceptors (Lipinski definition) is 7. The Kier molecular flexibility index (Phi) is 7.15. The van der Waals surface area contributed by atoms with E-state index in [1.165, 1.54) is 47.3 Å². The standard InChI is InChI=1S/C30H23F3N6O2S/c1-18(2)22-5-3-4-6-24(22)37-29-39(27(40)16-42-29)35-15-19-7-12-23-25(36-19)13-14-26-28(23)34-17-38(26)20-8-10-21(11-9-20)41-30(31,32)33/h3-15,17-18H,16H2,1-2H3/b35-15+,37-29?. The maximum absolute atomic E-state index is 12.6. The third kappa shape index (κ3) is 5.57. The smallest absolute Gasteiger partial charge is 0.406 e. The number of amides is 1. The number of hydrazone groups is 1. The molecule has 1 saturated heterocycles. The highest BCUT2D eigenvalue weighted by Crippen LogP contribution is 2.31. The molecule has 0 bridgehead atoms. The molecule has 1 amide bonds. The molecule has 0 aliphatic carbocycles. The normalized spacial score (nSPS) is 15.2. The number of ether oxygens (including phenoxy) is 1. The largest absolute Gasteiger partial charge is 0.573 e. The van der Waals surface area contributed by atoms with Crippen molar-refractivity contribution in [2.45, 2.75) is 26.1 Å². The number of carbonyl (C=O) groups excluding carboxylic acids is 1. The Morgan fingerprint density at radius 2 is 1.81 bits per heavy atom. The minimum absolute atomic E-state index is 0.164. The second kappa shape index (κ2) is 10.9. The summed E-state index contributed by atoms with van der Waals surface area (Å²) in [5.74, 6) is 0.0717. The van der Waals surface area contributed by atoms with E-state index in [-0.39, 0.29) is 23.3 Å². The summed E-state index contributed by atoms with van der Waals surface area (Å²) in [4.78, 5) is 26.5. The number of imidazole rings is 1. The maximum Gasteiger partial charge on any atom is 0.573 e. The van der Waals surface area contributed by atoms with Crippen LogP contribution in [-0.4, -0.2) is 48.9 Å². The number of rotatable bonds is 6. The zero-order chi connectivity index (χ0) is 29.4. The Bertz CT molecular complexity index is 1870. The number of carbonyl (C=O) groups is 1. The molecule has 0 radical (unpaired) electrons. The second-order valence-corrected chi connectivity index (χ2v) is 10.7. The summed E-state index contributed by atoms with van der Waals surface area (Å²) in [6, 6.07) is 20.8. The molecule has 212 valence electrons. The monoisotopic (exact) mass is 588 g/mol. The molecule has 2 aromatic heterocycles. The molecule has 0 N–H and O–H groups in total. The molecule has 1 aliphatic rings. The van der Waals surface area contributed by atoms with Gasteiger partial charge in [-0.2, -0.15) is 10.1 Å². The van der Waals surface area contributed by atoms with Gasteiger partial charge in [0.05, 0.1) is 39.9 Å². The molecular weight excluding hydrogens is 565 g/mol. The highest BCUT2D eigenvalue weighted by Gasteiger charge is 2.31. The van der Waals surface area contributed by atoms with E-state index >= 15 is 0 Å². The number of hydrogen-bond donors (Lipinski definition) is 0. The summed E-state index contributed by atoms with van der Waals surface area (Å²) in [6.07, 6.45) is -1.62. The van der Waals surface area contributed by atoms with Crippen LogP contribution in [0.25, 0.3) is 27.6 Å². The van der Waals surface area contributed by atoms with Crippen LogP contribution in [0.15, 0.2) is 89.2 Å². The quantitative estimate of drug-likeness (QED) is 0.196. The first-order valence-electron chi connectivity index (χ1n) is 13.0. The fraction of sp³-hybridized carbons (Fsp3) is 0.167. The summed E-state index contributed by atoms with van der Waals surface area (Å²) in [7, 11) is 0. The lowest BCUT2D eigenvalue weighted by molar-refractivity contribution is -0.274. The van der Waals surface area contributed by atoms with Crippen molar-refractivity contribution in [2.24, 2.45) is 10.1 Å². The number of halogens is 3. The van der Waals surface area contributed by atoms with Crippen LogP contribution in [-0.2, 0) is 4.79 Å².